The summed E-state index contributed by atoms with van der Waals surface area (Å²) in [7, 11) is 1.63. The Kier molecular flexibility index (Phi) is 3.80. The van der Waals surface area contributed by atoms with Crippen molar-refractivity contribution in [2.75, 3.05) is 12.8 Å². The quantitative estimate of drug-likeness (QED) is 0.726. The van der Waals surface area contributed by atoms with Gasteiger partial charge in [-0.15, -0.1) is 11.3 Å². The second-order valence-corrected chi connectivity index (χ2v) is 6.09. The zero-order valence-electron chi connectivity index (χ0n) is 11.0. The van der Waals surface area contributed by atoms with Gasteiger partial charge in [0.1, 0.15) is 5.75 Å². The maximum absolute atomic E-state index is 6.28. The van der Waals surface area contributed by atoms with E-state index in [1.807, 2.05) is 17.5 Å². The van der Waals surface area contributed by atoms with E-state index in [4.69, 9.17) is 33.7 Å². The molecule has 7 heteroatoms. The van der Waals surface area contributed by atoms with Crippen LogP contribution >= 0.6 is 34.5 Å². The highest BCUT2D eigenvalue weighted by Crippen LogP contribution is 2.41. The van der Waals surface area contributed by atoms with Crippen molar-refractivity contribution in [2.24, 2.45) is 0 Å². The van der Waals surface area contributed by atoms with Crippen molar-refractivity contribution in [3.63, 3.8) is 0 Å². The molecule has 0 amide bonds. The maximum atomic E-state index is 6.28. The maximum Gasteiger partial charge on any atom is 0.153 e. The zero-order valence-corrected chi connectivity index (χ0v) is 13.3. The Balaban J connectivity index is 2.17. The van der Waals surface area contributed by atoms with Crippen LogP contribution in [0.2, 0.25) is 10.0 Å². The van der Waals surface area contributed by atoms with E-state index in [9.17, 15) is 0 Å². The first-order valence-electron chi connectivity index (χ1n) is 6.02. The third kappa shape index (κ3) is 2.60. The summed E-state index contributed by atoms with van der Waals surface area (Å²) in [4.78, 5) is 0.970. The normalized spacial score (nSPS) is 10.8. The van der Waals surface area contributed by atoms with Crippen molar-refractivity contribution in [3.05, 3.63) is 39.7 Å². The van der Waals surface area contributed by atoms with E-state index in [1.54, 1.807) is 19.2 Å². The predicted octanol–water partition coefficient (Wildman–Crippen LogP) is 4.70. The molecule has 0 bridgehead atoms. The minimum Gasteiger partial charge on any atom is -0.496 e. The third-order valence-electron chi connectivity index (χ3n) is 3.05. The van der Waals surface area contributed by atoms with E-state index in [-0.39, 0.29) is 0 Å². The van der Waals surface area contributed by atoms with Crippen LogP contribution in [0.25, 0.3) is 21.7 Å². The van der Waals surface area contributed by atoms with Gasteiger partial charge in [-0.05, 0) is 12.1 Å². The van der Waals surface area contributed by atoms with E-state index >= 15 is 0 Å². The van der Waals surface area contributed by atoms with Crippen LogP contribution in [0.15, 0.2) is 29.6 Å². The van der Waals surface area contributed by atoms with E-state index in [2.05, 4.69) is 10.2 Å². The van der Waals surface area contributed by atoms with Gasteiger partial charge in [0, 0.05) is 22.0 Å². The second-order valence-electron chi connectivity index (χ2n) is 4.33. The lowest BCUT2D eigenvalue weighted by atomic mass is 10.0. The summed E-state index contributed by atoms with van der Waals surface area (Å²) >= 11 is 13.8. The smallest absolute Gasteiger partial charge is 0.153 e. The zero-order chi connectivity index (χ0) is 15.0. The lowest BCUT2D eigenvalue weighted by Gasteiger charge is -2.06. The van der Waals surface area contributed by atoms with Gasteiger partial charge in [0.2, 0.25) is 0 Å². The molecule has 0 aliphatic heterocycles. The van der Waals surface area contributed by atoms with Gasteiger partial charge in [-0.25, -0.2) is 0 Å². The van der Waals surface area contributed by atoms with Gasteiger partial charge >= 0.3 is 0 Å². The number of thiophene rings is 1. The van der Waals surface area contributed by atoms with Crippen molar-refractivity contribution < 1.29 is 4.74 Å². The molecular formula is C14H11Cl2N3OS. The number of benzene rings is 1. The number of halogens is 2. The number of nitrogens with zero attached hydrogens (tertiary/aromatic N) is 1. The lowest BCUT2D eigenvalue weighted by molar-refractivity contribution is 0.417. The fourth-order valence-electron chi connectivity index (χ4n) is 2.06. The molecule has 3 rings (SSSR count). The van der Waals surface area contributed by atoms with Crippen LogP contribution in [-0.2, 0) is 0 Å². The molecule has 21 heavy (non-hydrogen) atoms. The molecule has 0 fully saturated rings. The first kappa shape index (κ1) is 14.3. The number of rotatable bonds is 3. The van der Waals surface area contributed by atoms with E-state index in [0.717, 1.165) is 27.4 Å². The molecular weight excluding hydrogens is 329 g/mol. The number of nitrogens with two attached hydrogens (primary N) is 1. The number of nitrogen functional groups attached to an aromatic ring is 1. The average Bonchev–Trinajstić information content (AvgIpc) is 3.06. The van der Waals surface area contributed by atoms with E-state index < -0.39 is 0 Å². The summed E-state index contributed by atoms with van der Waals surface area (Å²) in [5.41, 5.74) is 8.36. The van der Waals surface area contributed by atoms with Gasteiger partial charge < -0.3 is 10.5 Å². The van der Waals surface area contributed by atoms with Gasteiger partial charge in [-0.1, -0.05) is 29.3 Å². The first-order chi connectivity index (χ1) is 10.1. The highest BCUT2D eigenvalue weighted by atomic mass is 35.5. The van der Waals surface area contributed by atoms with Crippen LogP contribution in [0.3, 0.4) is 0 Å². The van der Waals surface area contributed by atoms with Crippen LogP contribution < -0.4 is 10.5 Å². The molecule has 0 radical (unpaired) electrons. The van der Waals surface area contributed by atoms with E-state index in [0.29, 0.717) is 15.9 Å². The molecule has 1 aromatic carbocycles. The van der Waals surface area contributed by atoms with Crippen LogP contribution in [-0.4, -0.2) is 17.3 Å². The largest absolute Gasteiger partial charge is 0.496 e. The van der Waals surface area contributed by atoms with Crippen LogP contribution in [0.5, 0.6) is 5.75 Å². The van der Waals surface area contributed by atoms with Crippen molar-refractivity contribution in [1.82, 2.24) is 10.2 Å². The summed E-state index contributed by atoms with van der Waals surface area (Å²) in [6, 6.07) is 7.21. The molecule has 0 aliphatic rings. The third-order valence-corrected chi connectivity index (χ3v) is 4.53. The van der Waals surface area contributed by atoms with Gasteiger partial charge in [0.05, 0.1) is 28.3 Å². The highest BCUT2D eigenvalue weighted by Gasteiger charge is 2.18. The summed E-state index contributed by atoms with van der Waals surface area (Å²) in [5, 5.41) is 10.1. The highest BCUT2D eigenvalue weighted by molar-refractivity contribution is 7.13. The lowest BCUT2D eigenvalue weighted by Crippen LogP contribution is -1.89. The minimum absolute atomic E-state index is 0.390. The van der Waals surface area contributed by atoms with E-state index in [1.165, 1.54) is 11.3 Å². The molecule has 2 heterocycles. The van der Waals surface area contributed by atoms with Gasteiger partial charge in [0.25, 0.3) is 0 Å². The Morgan fingerprint density at radius 3 is 2.76 bits per heavy atom. The Morgan fingerprint density at radius 1 is 1.29 bits per heavy atom. The number of methoxy groups -OCH3 is 1. The van der Waals surface area contributed by atoms with Crippen LogP contribution in [0.1, 0.15) is 0 Å². The van der Waals surface area contributed by atoms with Crippen molar-refractivity contribution in [2.45, 2.75) is 0 Å². The molecule has 3 aromatic rings. The molecule has 4 nitrogen and oxygen atoms in total. The number of hydrogen-bond acceptors (Lipinski definition) is 4. The molecule has 0 atom stereocenters. The number of nitrogens with one attached hydrogen (secondary N) is 1. The Bertz CT molecular complexity index is 797. The Hall–Kier alpha value is -1.69. The summed E-state index contributed by atoms with van der Waals surface area (Å²) < 4.78 is 5.21. The Morgan fingerprint density at radius 2 is 2.10 bits per heavy atom. The van der Waals surface area contributed by atoms with Crippen molar-refractivity contribution in [1.29, 1.82) is 0 Å². The number of H-pyrrole nitrogens is 1. The minimum atomic E-state index is 0.390. The van der Waals surface area contributed by atoms with Crippen molar-refractivity contribution in [3.8, 4) is 27.4 Å². The molecule has 0 unspecified atom stereocenters. The molecule has 0 saturated carbocycles. The molecule has 108 valence electrons. The topological polar surface area (TPSA) is 63.9 Å². The monoisotopic (exact) mass is 339 g/mol. The first-order valence-corrected chi connectivity index (χ1v) is 7.66. The van der Waals surface area contributed by atoms with Gasteiger partial charge in [-0.2, -0.15) is 5.10 Å². The molecule has 0 spiro atoms. The molecule has 2 aromatic heterocycles. The standard InChI is InChI=1S/C14H11Cl2N3OS/c1-20-8-5-11(21-6-8)13-12(14(17)19-18-13)9-3-2-7(15)4-10(9)16/h2-6H,1H3,(H3,17,18,19). The van der Waals surface area contributed by atoms with Gasteiger partial charge in [0.15, 0.2) is 5.82 Å². The molecule has 3 N–H and O–H groups in total. The number of ether oxygens (including phenoxy) is 1. The summed E-state index contributed by atoms with van der Waals surface area (Å²) in [6.07, 6.45) is 0. The summed E-state index contributed by atoms with van der Waals surface area (Å²) in [5.74, 6) is 1.18. The predicted molar refractivity (Wildman–Crippen MR) is 88.3 cm³/mol. The van der Waals surface area contributed by atoms with Gasteiger partial charge in [-0.3, -0.25) is 5.10 Å². The molecule has 0 aliphatic carbocycles. The number of hydrogen-bond donors (Lipinski definition) is 2. The number of aromatic nitrogens is 2. The second kappa shape index (κ2) is 5.60. The SMILES string of the molecule is COc1csc(-c2[nH]nc(N)c2-c2ccc(Cl)cc2Cl)c1. The van der Waals surface area contributed by atoms with Crippen LogP contribution in [0.4, 0.5) is 5.82 Å². The van der Waals surface area contributed by atoms with Crippen LogP contribution in [0, 0.1) is 0 Å². The number of aromatic amines is 1. The Labute approximate surface area is 135 Å². The average molecular weight is 340 g/mol. The molecule has 0 saturated heterocycles. The fraction of sp³-hybridized carbons (Fsp3) is 0.0714. The fourth-order valence-corrected chi connectivity index (χ4v) is 3.42. The number of anilines is 1. The summed E-state index contributed by atoms with van der Waals surface area (Å²) in [6.45, 7) is 0. The van der Waals surface area contributed by atoms with Crippen molar-refractivity contribution >= 4 is 40.4 Å².